The standard InChI is InChI=1S/C11H11F3N2OS/c12-11(13,14)18-4-3-16-6-7-1-2-8(15)5-9(7)10(16)17/h1-2,5H,3-4,6,15H2. The Morgan fingerprint density at radius 2 is 2.11 bits per heavy atom. The first kappa shape index (κ1) is 13.1. The molecule has 1 heterocycles. The third kappa shape index (κ3) is 2.90. The summed E-state index contributed by atoms with van der Waals surface area (Å²) in [6.07, 6.45) is 0. The fourth-order valence-corrected chi connectivity index (χ4v) is 2.37. The zero-order valence-corrected chi connectivity index (χ0v) is 10.1. The van der Waals surface area contributed by atoms with Crippen LogP contribution in [0.4, 0.5) is 18.9 Å². The summed E-state index contributed by atoms with van der Waals surface area (Å²) in [5.41, 5.74) is 3.11. The van der Waals surface area contributed by atoms with E-state index in [9.17, 15) is 18.0 Å². The Bertz CT molecular complexity index is 476. The molecular weight excluding hydrogens is 265 g/mol. The fourth-order valence-electron chi connectivity index (χ4n) is 1.83. The predicted molar refractivity (Wildman–Crippen MR) is 64.1 cm³/mol. The molecule has 0 saturated carbocycles. The van der Waals surface area contributed by atoms with E-state index < -0.39 is 5.51 Å². The molecular formula is C11H11F3N2OS. The Hall–Kier alpha value is -1.37. The lowest BCUT2D eigenvalue weighted by atomic mass is 10.1. The van der Waals surface area contributed by atoms with Gasteiger partial charge in [-0.3, -0.25) is 4.79 Å². The summed E-state index contributed by atoms with van der Waals surface area (Å²) in [5, 5.41) is 0. The number of nitrogen functional groups attached to an aromatic ring is 1. The number of nitrogens with two attached hydrogens (primary N) is 1. The number of amides is 1. The number of hydrogen-bond acceptors (Lipinski definition) is 3. The number of anilines is 1. The molecule has 18 heavy (non-hydrogen) atoms. The van der Waals surface area contributed by atoms with E-state index in [4.69, 9.17) is 5.73 Å². The molecule has 7 heteroatoms. The van der Waals surface area contributed by atoms with Crippen molar-refractivity contribution in [3.05, 3.63) is 29.3 Å². The number of rotatable bonds is 3. The van der Waals surface area contributed by atoms with E-state index in [1.807, 2.05) is 0 Å². The van der Waals surface area contributed by atoms with Crippen LogP contribution in [0.25, 0.3) is 0 Å². The van der Waals surface area contributed by atoms with Crippen molar-refractivity contribution in [3.8, 4) is 0 Å². The van der Waals surface area contributed by atoms with E-state index in [2.05, 4.69) is 0 Å². The van der Waals surface area contributed by atoms with Gasteiger partial charge >= 0.3 is 5.51 Å². The molecule has 2 rings (SSSR count). The number of fused-ring (bicyclic) bond motifs is 1. The number of halogens is 3. The minimum Gasteiger partial charge on any atom is -0.399 e. The molecule has 0 atom stereocenters. The third-order valence-corrected chi connectivity index (χ3v) is 3.35. The molecule has 0 saturated heterocycles. The SMILES string of the molecule is Nc1ccc2c(c1)C(=O)N(CCSC(F)(F)F)C2. The lowest BCUT2D eigenvalue weighted by Gasteiger charge is -2.15. The van der Waals surface area contributed by atoms with Gasteiger partial charge in [0.05, 0.1) is 0 Å². The van der Waals surface area contributed by atoms with Crippen LogP contribution in [0.15, 0.2) is 18.2 Å². The van der Waals surface area contributed by atoms with Crippen LogP contribution in [-0.4, -0.2) is 28.6 Å². The summed E-state index contributed by atoms with van der Waals surface area (Å²) < 4.78 is 36.0. The fraction of sp³-hybridized carbons (Fsp3) is 0.364. The molecule has 98 valence electrons. The van der Waals surface area contributed by atoms with Crippen LogP contribution in [-0.2, 0) is 6.54 Å². The second kappa shape index (κ2) is 4.72. The van der Waals surface area contributed by atoms with Crippen LogP contribution in [0.2, 0.25) is 0 Å². The van der Waals surface area contributed by atoms with Gasteiger partial charge in [0.15, 0.2) is 0 Å². The van der Waals surface area contributed by atoms with Gasteiger partial charge in [-0.2, -0.15) is 13.2 Å². The van der Waals surface area contributed by atoms with Crippen molar-refractivity contribution < 1.29 is 18.0 Å². The van der Waals surface area contributed by atoms with Crippen LogP contribution in [0, 0.1) is 0 Å². The minimum atomic E-state index is -4.25. The molecule has 3 nitrogen and oxygen atoms in total. The maximum absolute atomic E-state index is 12.0. The molecule has 1 amide bonds. The second-order valence-electron chi connectivity index (χ2n) is 3.94. The van der Waals surface area contributed by atoms with E-state index in [0.29, 0.717) is 17.8 Å². The summed E-state index contributed by atoms with van der Waals surface area (Å²) in [6, 6.07) is 4.98. The first-order valence-corrected chi connectivity index (χ1v) is 6.24. The van der Waals surface area contributed by atoms with Crippen molar-refractivity contribution in [1.82, 2.24) is 4.90 Å². The molecule has 0 aliphatic carbocycles. The van der Waals surface area contributed by atoms with Crippen molar-refractivity contribution in [3.63, 3.8) is 0 Å². The van der Waals surface area contributed by atoms with Crippen molar-refractivity contribution in [1.29, 1.82) is 0 Å². The van der Waals surface area contributed by atoms with Gasteiger partial charge in [-0.25, -0.2) is 0 Å². The monoisotopic (exact) mass is 276 g/mol. The molecule has 1 aromatic rings. The smallest absolute Gasteiger partial charge is 0.399 e. The van der Waals surface area contributed by atoms with Crippen molar-refractivity contribution in [2.45, 2.75) is 12.1 Å². The molecule has 0 bridgehead atoms. The molecule has 1 aliphatic rings. The van der Waals surface area contributed by atoms with Crippen LogP contribution in [0.1, 0.15) is 15.9 Å². The Kier molecular flexibility index (Phi) is 3.43. The van der Waals surface area contributed by atoms with Crippen molar-refractivity contribution in [2.24, 2.45) is 0 Å². The predicted octanol–water partition coefficient (Wildman–Crippen LogP) is 2.48. The zero-order chi connectivity index (χ0) is 13.3. The van der Waals surface area contributed by atoms with Gasteiger partial charge in [-0.05, 0) is 29.5 Å². The molecule has 0 aromatic heterocycles. The topological polar surface area (TPSA) is 46.3 Å². The maximum Gasteiger partial charge on any atom is 0.441 e. The number of hydrogen-bond donors (Lipinski definition) is 1. The molecule has 0 spiro atoms. The highest BCUT2D eigenvalue weighted by Gasteiger charge is 2.31. The molecule has 0 unspecified atom stereocenters. The normalized spacial score (nSPS) is 15.1. The quantitative estimate of drug-likeness (QED) is 0.863. The summed E-state index contributed by atoms with van der Waals surface area (Å²) in [4.78, 5) is 13.3. The van der Waals surface area contributed by atoms with Crippen molar-refractivity contribution >= 4 is 23.4 Å². The maximum atomic E-state index is 12.0. The number of benzene rings is 1. The summed E-state index contributed by atoms with van der Waals surface area (Å²) >= 11 is -0.114. The molecule has 0 radical (unpaired) electrons. The molecule has 0 fully saturated rings. The highest BCUT2D eigenvalue weighted by Crippen LogP contribution is 2.31. The average molecular weight is 276 g/mol. The van der Waals surface area contributed by atoms with Gasteiger partial charge in [0.25, 0.3) is 5.91 Å². The first-order chi connectivity index (χ1) is 8.37. The number of alkyl halides is 3. The van der Waals surface area contributed by atoms with Gasteiger partial charge in [0.2, 0.25) is 0 Å². The highest BCUT2D eigenvalue weighted by atomic mass is 32.2. The minimum absolute atomic E-state index is 0.0809. The summed E-state index contributed by atoms with van der Waals surface area (Å²) in [6.45, 7) is 0.435. The molecule has 1 aromatic carbocycles. The van der Waals surface area contributed by atoms with Crippen molar-refractivity contribution in [2.75, 3.05) is 18.0 Å². The van der Waals surface area contributed by atoms with Gasteiger partial charge in [0.1, 0.15) is 0 Å². The Morgan fingerprint density at radius 1 is 1.39 bits per heavy atom. The lowest BCUT2D eigenvalue weighted by Crippen LogP contribution is -2.27. The molecule has 1 aliphatic heterocycles. The number of thioether (sulfide) groups is 1. The van der Waals surface area contributed by atoms with Crippen LogP contribution in [0.3, 0.4) is 0 Å². The Labute approximate surface area is 106 Å². The van der Waals surface area contributed by atoms with E-state index in [1.54, 1.807) is 18.2 Å². The van der Waals surface area contributed by atoms with Gasteiger partial charge < -0.3 is 10.6 Å². The van der Waals surface area contributed by atoms with E-state index >= 15 is 0 Å². The van der Waals surface area contributed by atoms with Gasteiger partial charge in [-0.1, -0.05) is 6.07 Å². The summed E-state index contributed by atoms with van der Waals surface area (Å²) in [7, 11) is 0. The first-order valence-electron chi connectivity index (χ1n) is 5.25. The lowest BCUT2D eigenvalue weighted by molar-refractivity contribution is -0.0328. The number of carbonyl (C=O) groups is 1. The van der Waals surface area contributed by atoms with Crippen LogP contribution >= 0.6 is 11.8 Å². The Morgan fingerprint density at radius 3 is 2.78 bits per heavy atom. The molecule has 2 N–H and O–H groups in total. The Balaban J connectivity index is 1.97. The largest absolute Gasteiger partial charge is 0.441 e. The van der Waals surface area contributed by atoms with E-state index in [-0.39, 0.29) is 30.0 Å². The van der Waals surface area contributed by atoms with Crippen LogP contribution < -0.4 is 5.73 Å². The van der Waals surface area contributed by atoms with Gasteiger partial charge in [-0.15, -0.1) is 0 Å². The highest BCUT2D eigenvalue weighted by molar-refractivity contribution is 8.00. The number of nitrogens with zero attached hydrogens (tertiary/aromatic N) is 1. The zero-order valence-electron chi connectivity index (χ0n) is 9.33. The van der Waals surface area contributed by atoms with Crippen LogP contribution in [0.5, 0.6) is 0 Å². The van der Waals surface area contributed by atoms with E-state index in [1.165, 1.54) is 4.90 Å². The summed E-state index contributed by atoms with van der Waals surface area (Å²) in [5.74, 6) is -0.404. The van der Waals surface area contributed by atoms with Gasteiger partial charge in [0, 0.05) is 30.1 Å². The third-order valence-electron chi connectivity index (χ3n) is 2.64. The average Bonchev–Trinajstić information content (AvgIpc) is 2.55. The van der Waals surface area contributed by atoms with E-state index in [0.717, 1.165) is 5.56 Å². The number of carbonyl (C=O) groups excluding carboxylic acids is 1. The second-order valence-corrected chi connectivity index (χ2v) is 5.10.